The summed E-state index contributed by atoms with van der Waals surface area (Å²) in [5.74, 6) is 0. The Morgan fingerprint density at radius 2 is 1.39 bits per heavy atom. The molecule has 7 heteroatoms. The molecule has 0 fully saturated rings. The number of nitrogens with zero attached hydrogens (tertiary/aromatic N) is 1. The largest absolute Gasteiger partial charge is 0.323 e. The SMILES string of the molecule is O=C(Nc1ccccc1)Nc1ccc(S(=O)(=O)N2CCc3ccccc32)cc1. The number of hydrogen-bond donors (Lipinski definition) is 2. The summed E-state index contributed by atoms with van der Waals surface area (Å²) in [5.41, 5.74) is 2.94. The third kappa shape index (κ3) is 3.57. The molecule has 2 N–H and O–H groups in total. The van der Waals surface area contributed by atoms with Crippen LogP contribution in [0.2, 0.25) is 0 Å². The van der Waals surface area contributed by atoms with Crippen LogP contribution in [0, 0.1) is 0 Å². The maximum absolute atomic E-state index is 13.0. The van der Waals surface area contributed by atoms with Gasteiger partial charge in [-0.25, -0.2) is 13.2 Å². The molecule has 0 atom stereocenters. The van der Waals surface area contributed by atoms with Crippen LogP contribution in [-0.2, 0) is 16.4 Å². The molecular weight excluding hydrogens is 374 g/mol. The maximum atomic E-state index is 13.0. The lowest BCUT2D eigenvalue weighted by molar-refractivity contribution is 0.262. The highest BCUT2D eigenvalue weighted by atomic mass is 32.2. The highest BCUT2D eigenvalue weighted by Crippen LogP contribution is 2.32. The first-order valence-electron chi connectivity index (χ1n) is 8.88. The standard InChI is InChI=1S/C21H19N3O3S/c25-21(22-17-7-2-1-3-8-17)23-18-10-12-19(13-11-18)28(26,27)24-15-14-16-6-4-5-9-20(16)24/h1-13H,14-15H2,(H2,22,23,25). The van der Waals surface area contributed by atoms with E-state index in [4.69, 9.17) is 0 Å². The van der Waals surface area contributed by atoms with Crippen molar-refractivity contribution in [2.24, 2.45) is 0 Å². The quantitative estimate of drug-likeness (QED) is 0.701. The third-order valence-electron chi connectivity index (χ3n) is 4.58. The number of fused-ring (bicyclic) bond motifs is 1. The molecule has 1 heterocycles. The second-order valence-electron chi connectivity index (χ2n) is 6.43. The minimum atomic E-state index is -3.64. The van der Waals surface area contributed by atoms with E-state index in [1.54, 1.807) is 24.3 Å². The number of carbonyl (C=O) groups is 1. The van der Waals surface area contributed by atoms with Gasteiger partial charge in [-0.2, -0.15) is 0 Å². The van der Waals surface area contributed by atoms with Crippen molar-refractivity contribution in [1.82, 2.24) is 0 Å². The highest BCUT2D eigenvalue weighted by molar-refractivity contribution is 7.92. The smallest absolute Gasteiger partial charge is 0.308 e. The van der Waals surface area contributed by atoms with Crippen molar-refractivity contribution in [1.29, 1.82) is 0 Å². The van der Waals surface area contributed by atoms with Crippen molar-refractivity contribution in [2.75, 3.05) is 21.5 Å². The molecule has 0 unspecified atom stereocenters. The van der Waals surface area contributed by atoms with Crippen molar-refractivity contribution in [2.45, 2.75) is 11.3 Å². The van der Waals surface area contributed by atoms with Crippen LogP contribution in [0.5, 0.6) is 0 Å². The Morgan fingerprint density at radius 1 is 0.786 bits per heavy atom. The van der Waals surface area contributed by atoms with E-state index in [1.165, 1.54) is 16.4 Å². The fourth-order valence-electron chi connectivity index (χ4n) is 3.21. The molecule has 0 radical (unpaired) electrons. The fraction of sp³-hybridized carbons (Fsp3) is 0.0952. The first kappa shape index (κ1) is 18.1. The van der Waals surface area contributed by atoms with Gasteiger partial charge in [0.25, 0.3) is 10.0 Å². The van der Waals surface area contributed by atoms with Crippen molar-refractivity contribution < 1.29 is 13.2 Å². The van der Waals surface area contributed by atoms with E-state index in [-0.39, 0.29) is 4.90 Å². The van der Waals surface area contributed by atoms with Crippen molar-refractivity contribution in [3.8, 4) is 0 Å². The van der Waals surface area contributed by atoms with Gasteiger partial charge in [0.15, 0.2) is 0 Å². The topological polar surface area (TPSA) is 78.5 Å². The van der Waals surface area contributed by atoms with Gasteiger partial charge in [-0.05, 0) is 54.4 Å². The summed E-state index contributed by atoms with van der Waals surface area (Å²) in [6.07, 6.45) is 0.703. The maximum Gasteiger partial charge on any atom is 0.323 e. The van der Waals surface area contributed by atoms with Crippen LogP contribution >= 0.6 is 0 Å². The Balaban J connectivity index is 1.48. The number of hydrogen-bond acceptors (Lipinski definition) is 3. The van der Waals surface area contributed by atoms with Crippen LogP contribution in [0.4, 0.5) is 21.9 Å². The Kier molecular flexibility index (Phi) is 4.75. The first-order chi connectivity index (χ1) is 13.5. The van der Waals surface area contributed by atoms with Crippen molar-refractivity contribution in [3.05, 3.63) is 84.4 Å². The van der Waals surface area contributed by atoms with Crippen LogP contribution in [-0.4, -0.2) is 21.0 Å². The average Bonchev–Trinajstić information content (AvgIpc) is 3.14. The van der Waals surface area contributed by atoms with E-state index in [1.807, 2.05) is 42.5 Å². The average molecular weight is 393 g/mol. The van der Waals surface area contributed by atoms with Crippen LogP contribution < -0.4 is 14.9 Å². The molecule has 3 aromatic rings. The third-order valence-corrected chi connectivity index (χ3v) is 6.40. The van der Waals surface area contributed by atoms with Crippen molar-refractivity contribution in [3.63, 3.8) is 0 Å². The molecule has 1 aliphatic heterocycles. The van der Waals surface area contributed by atoms with Crippen LogP contribution in [0.1, 0.15) is 5.56 Å². The summed E-state index contributed by atoms with van der Waals surface area (Å²) in [7, 11) is -3.64. The highest BCUT2D eigenvalue weighted by Gasteiger charge is 2.30. The van der Waals surface area contributed by atoms with Crippen LogP contribution in [0.15, 0.2) is 83.8 Å². The van der Waals surface area contributed by atoms with Crippen LogP contribution in [0.25, 0.3) is 0 Å². The lowest BCUT2D eigenvalue weighted by Gasteiger charge is -2.19. The zero-order valence-electron chi connectivity index (χ0n) is 15.0. The minimum absolute atomic E-state index is 0.193. The van der Waals surface area contributed by atoms with Crippen LogP contribution in [0.3, 0.4) is 0 Å². The van der Waals surface area contributed by atoms with Gasteiger partial charge in [0.1, 0.15) is 0 Å². The molecule has 2 amide bonds. The number of nitrogens with one attached hydrogen (secondary N) is 2. The zero-order valence-corrected chi connectivity index (χ0v) is 15.8. The summed E-state index contributed by atoms with van der Waals surface area (Å²) in [5, 5.41) is 5.41. The van der Waals surface area contributed by atoms with Gasteiger partial charge in [-0.3, -0.25) is 4.31 Å². The number of para-hydroxylation sites is 2. The van der Waals surface area contributed by atoms with Gasteiger partial charge in [0.05, 0.1) is 10.6 Å². The predicted molar refractivity (Wildman–Crippen MR) is 110 cm³/mol. The van der Waals surface area contributed by atoms with Gasteiger partial charge in [0.2, 0.25) is 0 Å². The molecule has 142 valence electrons. The Morgan fingerprint density at radius 3 is 2.11 bits per heavy atom. The number of urea groups is 1. The van der Waals surface area contributed by atoms with Gasteiger partial charge in [0, 0.05) is 17.9 Å². The molecule has 4 rings (SSSR count). The number of rotatable bonds is 4. The molecule has 0 saturated heterocycles. The van der Waals surface area contributed by atoms with E-state index in [2.05, 4.69) is 10.6 Å². The van der Waals surface area contributed by atoms with E-state index in [9.17, 15) is 13.2 Å². The number of benzene rings is 3. The van der Waals surface area contributed by atoms with Gasteiger partial charge >= 0.3 is 6.03 Å². The molecule has 0 aromatic heterocycles. The van der Waals surface area contributed by atoms with E-state index >= 15 is 0 Å². The molecule has 0 bridgehead atoms. The molecular formula is C21H19N3O3S. The Bertz CT molecular complexity index is 1100. The van der Waals surface area contributed by atoms with E-state index in [0.29, 0.717) is 24.3 Å². The molecule has 6 nitrogen and oxygen atoms in total. The number of anilines is 3. The molecule has 3 aromatic carbocycles. The summed E-state index contributed by atoms with van der Waals surface area (Å²) in [6, 6.07) is 22.4. The number of amides is 2. The fourth-order valence-corrected chi connectivity index (χ4v) is 4.71. The Hall–Kier alpha value is -3.32. The molecule has 0 saturated carbocycles. The second kappa shape index (κ2) is 7.36. The number of sulfonamides is 1. The summed E-state index contributed by atoms with van der Waals surface area (Å²) in [6.45, 7) is 0.432. The molecule has 28 heavy (non-hydrogen) atoms. The summed E-state index contributed by atoms with van der Waals surface area (Å²) in [4.78, 5) is 12.3. The van der Waals surface area contributed by atoms with Crippen molar-refractivity contribution >= 4 is 33.1 Å². The lowest BCUT2D eigenvalue weighted by Crippen LogP contribution is -2.29. The predicted octanol–water partition coefficient (Wildman–Crippen LogP) is 4.08. The zero-order chi connectivity index (χ0) is 19.6. The summed E-state index contributed by atoms with van der Waals surface area (Å²) >= 11 is 0. The van der Waals surface area contributed by atoms with E-state index in [0.717, 1.165) is 11.3 Å². The molecule has 1 aliphatic rings. The monoisotopic (exact) mass is 393 g/mol. The van der Waals surface area contributed by atoms with Gasteiger partial charge in [-0.1, -0.05) is 36.4 Å². The summed E-state index contributed by atoms with van der Waals surface area (Å²) < 4.78 is 27.4. The van der Waals surface area contributed by atoms with E-state index < -0.39 is 16.1 Å². The first-order valence-corrected chi connectivity index (χ1v) is 10.3. The molecule has 0 spiro atoms. The minimum Gasteiger partial charge on any atom is -0.308 e. The molecule has 0 aliphatic carbocycles. The second-order valence-corrected chi connectivity index (χ2v) is 8.29. The number of carbonyl (C=O) groups excluding carboxylic acids is 1. The normalized spacial score (nSPS) is 13.1. The van der Waals surface area contributed by atoms with Gasteiger partial charge < -0.3 is 10.6 Å². The Labute approximate surface area is 163 Å². The van der Waals surface area contributed by atoms with Gasteiger partial charge in [-0.15, -0.1) is 0 Å². The lowest BCUT2D eigenvalue weighted by atomic mass is 10.2.